The van der Waals surface area contributed by atoms with E-state index in [0.29, 0.717) is 6.42 Å². The van der Waals surface area contributed by atoms with Gasteiger partial charge in [-0.1, -0.05) is 128 Å². The van der Waals surface area contributed by atoms with Crippen LogP contribution in [-0.4, -0.2) is 13.0 Å². The molecule has 0 aliphatic heterocycles. The fraction of sp³-hybridized carbons (Fsp3) is 0.667. The van der Waals surface area contributed by atoms with Crippen LogP contribution in [0.4, 0.5) is 0 Å². The molecular weight excluding hydrogens is 479 g/mol. The van der Waals surface area contributed by atoms with E-state index in [1.54, 1.807) is 6.07 Å². The molecular formula is C30H47KO3S. The topological polar surface area (TPSA) is 57.2 Å². The molecule has 0 saturated heterocycles. The van der Waals surface area contributed by atoms with Crippen molar-refractivity contribution in [3.8, 4) is 0 Å². The van der Waals surface area contributed by atoms with E-state index >= 15 is 0 Å². The molecule has 0 aromatic heterocycles. The van der Waals surface area contributed by atoms with Gasteiger partial charge in [0.05, 0.1) is 4.90 Å². The van der Waals surface area contributed by atoms with E-state index in [2.05, 4.69) is 19.9 Å². The van der Waals surface area contributed by atoms with Crippen LogP contribution in [-0.2, 0) is 23.0 Å². The van der Waals surface area contributed by atoms with Crippen LogP contribution < -0.4 is 51.4 Å². The molecule has 0 heterocycles. The number of rotatable bonds is 19. The molecule has 0 N–H and O–H groups in total. The second kappa shape index (κ2) is 19.3. The Kier molecular flexibility index (Phi) is 18.4. The number of benzene rings is 2. The summed E-state index contributed by atoms with van der Waals surface area (Å²) in [6, 6.07) is 9.58. The maximum absolute atomic E-state index is 12.2. The maximum Gasteiger partial charge on any atom is 1.00 e. The smallest absolute Gasteiger partial charge is 0.744 e. The minimum absolute atomic E-state index is 0. The fourth-order valence-electron chi connectivity index (χ4n) is 5.09. The molecule has 2 rings (SSSR count). The van der Waals surface area contributed by atoms with E-state index in [9.17, 15) is 13.0 Å². The van der Waals surface area contributed by atoms with E-state index < -0.39 is 10.1 Å². The molecule has 0 saturated carbocycles. The molecule has 0 unspecified atom stereocenters. The van der Waals surface area contributed by atoms with Gasteiger partial charge >= 0.3 is 51.4 Å². The third kappa shape index (κ3) is 12.6. The van der Waals surface area contributed by atoms with Gasteiger partial charge in [-0.15, -0.1) is 0 Å². The van der Waals surface area contributed by atoms with Crippen molar-refractivity contribution in [1.82, 2.24) is 0 Å². The van der Waals surface area contributed by atoms with E-state index in [-0.39, 0.29) is 56.3 Å². The van der Waals surface area contributed by atoms with Crippen LogP contribution in [0.25, 0.3) is 10.8 Å². The van der Waals surface area contributed by atoms with Gasteiger partial charge in [-0.3, -0.25) is 0 Å². The Balaban J connectivity index is 0.00000612. The summed E-state index contributed by atoms with van der Waals surface area (Å²) in [4.78, 5) is 0.0173. The van der Waals surface area contributed by atoms with Crippen molar-refractivity contribution in [2.24, 2.45) is 0 Å². The average molecular weight is 527 g/mol. The Morgan fingerprint density at radius 1 is 0.629 bits per heavy atom. The quantitative estimate of drug-likeness (QED) is 0.126. The molecule has 0 aliphatic rings. The zero-order chi connectivity index (χ0) is 24.7. The molecule has 0 aliphatic carbocycles. The summed E-state index contributed by atoms with van der Waals surface area (Å²) in [6.45, 7) is 4.47. The van der Waals surface area contributed by atoms with Gasteiger partial charge in [-0.05, 0) is 53.6 Å². The molecule has 2 aromatic rings. The van der Waals surface area contributed by atoms with Crippen molar-refractivity contribution in [3.05, 3.63) is 41.5 Å². The first-order valence-corrected chi connectivity index (χ1v) is 15.4. The SMILES string of the molecule is CCCCCCCCCCc1c(S(=O)(=O)[O-])cc2ccccc2c1CCCCCCCCCC.[K+]. The summed E-state index contributed by atoms with van der Waals surface area (Å²) in [5, 5.41) is 1.98. The normalized spacial score (nSPS) is 11.6. The number of hydrogen-bond acceptors (Lipinski definition) is 3. The monoisotopic (exact) mass is 526 g/mol. The van der Waals surface area contributed by atoms with Crippen LogP contribution in [0.5, 0.6) is 0 Å². The summed E-state index contributed by atoms with van der Waals surface area (Å²) in [6.07, 6.45) is 21.1. The van der Waals surface area contributed by atoms with Crippen molar-refractivity contribution >= 4 is 20.9 Å². The van der Waals surface area contributed by atoms with Crippen LogP contribution in [0.3, 0.4) is 0 Å². The Morgan fingerprint density at radius 2 is 1.06 bits per heavy atom. The largest absolute Gasteiger partial charge is 1.00 e. The molecule has 192 valence electrons. The standard InChI is InChI=1S/C30H48O3S.K/c1-3-5-7-9-11-13-15-17-23-28-27-22-20-19-21-26(27)25-30(34(31,32)33)29(28)24-18-16-14-12-10-8-6-4-2;/h19-22,25H,3-18,23-24H2,1-2H3,(H,31,32,33);/q;+1/p-1. The zero-order valence-electron chi connectivity index (χ0n) is 22.7. The number of unbranched alkanes of at least 4 members (excludes halogenated alkanes) is 14. The van der Waals surface area contributed by atoms with E-state index in [1.165, 1.54) is 77.0 Å². The molecule has 0 fully saturated rings. The third-order valence-corrected chi connectivity index (χ3v) is 7.97. The van der Waals surface area contributed by atoms with Crippen LogP contribution in [0.1, 0.15) is 128 Å². The van der Waals surface area contributed by atoms with Crippen molar-refractivity contribution < 1.29 is 64.4 Å². The van der Waals surface area contributed by atoms with Crippen LogP contribution >= 0.6 is 0 Å². The molecule has 0 bridgehead atoms. The minimum atomic E-state index is -4.50. The van der Waals surface area contributed by atoms with Gasteiger partial charge in [-0.2, -0.15) is 0 Å². The zero-order valence-corrected chi connectivity index (χ0v) is 26.7. The Labute approximate surface area is 258 Å². The molecule has 3 nitrogen and oxygen atoms in total. The second-order valence-electron chi connectivity index (χ2n) is 9.96. The van der Waals surface area contributed by atoms with Crippen molar-refractivity contribution in [1.29, 1.82) is 0 Å². The molecule has 0 amide bonds. The van der Waals surface area contributed by atoms with Gasteiger partial charge in [0, 0.05) is 0 Å². The van der Waals surface area contributed by atoms with Crippen LogP contribution in [0, 0.1) is 0 Å². The third-order valence-electron chi connectivity index (χ3n) is 7.06. The maximum atomic E-state index is 12.2. The fourth-order valence-corrected chi connectivity index (χ4v) is 5.89. The summed E-state index contributed by atoms with van der Waals surface area (Å²) in [5.74, 6) is 0. The summed E-state index contributed by atoms with van der Waals surface area (Å²) in [5.41, 5.74) is 1.89. The van der Waals surface area contributed by atoms with Crippen molar-refractivity contribution in [2.45, 2.75) is 134 Å². The summed E-state index contributed by atoms with van der Waals surface area (Å²) in [7, 11) is -4.50. The van der Waals surface area contributed by atoms with Crippen molar-refractivity contribution in [3.63, 3.8) is 0 Å². The van der Waals surface area contributed by atoms with E-state index in [1.807, 2.05) is 18.2 Å². The number of aryl methyl sites for hydroxylation is 1. The van der Waals surface area contributed by atoms with Gasteiger partial charge in [0.1, 0.15) is 10.1 Å². The van der Waals surface area contributed by atoms with Gasteiger partial charge in [0.15, 0.2) is 0 Å². The first kappa shape index (κ1) is 33.3. The Bertz CT molecular complexity index is 940. The molecule has 5 heteroatoms. The first-order valence-electron chi connectivity index (χ1n) is 14.0. The van der Waals surface area contributed by atoms with Gasteiger partial charge in [0.25, 0.3) is 0 Å². The number of fused-ring (bicyclic) bond motifs is 1. The van der Waals surface area contributed by atoms with Crippen molar-refractivity contribution in [2.75, 3.05) is 0 Å². The van der Waals surface area contributed by atoms with Gasteiger partial charge in [-0.25, -0.2) is 8.42 Å². The van der Waals surface area contributed by atoms with Crippen LogP contribution in [0.15, 0.2) is 35.2 Å². The molecule has 2 aromatic carbocycles. The molecule has 0 atom stereocenters. The van der Waals surface area contributed by atoms with Crippen LogP contribution in [0.2, 0.25) is 0 Å². The average Bonchev–Trinajstić information content (AvgIpc) is 2.82. The predicted molar refractivity (Wildman–Crippen MR) is 145 cm³/mol. The first-order chi connectivity index (χ1) is 16.5. The van der Waals surface area contributed by atoms with Gasteiger partial charge in [0.2, 0.25) is 0 Å². The van der Waals surface area contributed by atoms with E-state index in [4.69, 9.17) is 0 Å². The molecule has 35 heavy (non-hydrogen) atoms. The van der Waals surface area contributed by atoms with E-state index in [0.717, 1.165) is 54.0 Å². The molecule has 0 radical (unpaired) electrons. The summed E-state index contributed by atoms with van der Waals surface area (Å²) < 4.78 is 36.7. The predicted octanol–water partition coefficient (Wildman–Crippen LogP) is 6.11. The Morgan fingerprint density at radius 3 is 1.54 bits per heavy atom. The Hall–Kier alpha value is 0.246. The molecule has 0 spiro atoms. The summed E-state index contributed by atoms with van der Waals surface area (Å²) >= 11 is 0. The second-order valence-corrected chi connectivity index (χ2v) is 11.3. The van der Waals surface area contributed by atoms with Gasteiger partial charge < -0.3 is 4.55 Å². The minimum Gasteiger partial charge on any atom is -0.744 e. The number of hydrogen-bond donors (Lipinski definition) is 0.